The van der Waals surface area contributed by atoms with Crippen molar-refractivity contribution in [1.82, 2.24) is 9.78 Å². The molecule has 1 fully saturated rings. The lowest BCUT2D eigenvalue weighted by Gasteiger charge is -2.27. The Labute approximate surface area is 107 Å². The van der Waals surface area contributed by atoms with Crippen LogP contribution in [0.15, 0.2) is 0 Å². The van der Waals surface area contributed by atoms with Crippen molar-refractivity contribution >= 4 is 23.3 Å². The van der Waals surface area contributed by atoms with Crippen molar-refractivity contribution < 1.29 is 0 Å². The summed E-state index contributed by atoms with van der Waals surface area (Å²) in [6, 6.07) is 0. The summed E-state index contributed by atoms with van der Waals surface area (Å²) in [5.74, 6) is 0.961. The fraction of sp³-hybridized carbons (Fsp3) is 0.750. The average molecular weight is 254 g/mol. The Hall–Kier alpha value is -0.840. The molecule has 17 heavy (non-hydrogen) atoms. The molecule has 1 aliphatic rings. The number of nitrogen functional groups attached to an aromatic ring is 1. The van der Waals surface area contributed by atoms with Crippen LogP contribution in [0.4, 0.5) is 11.5 Å². The van der Waals surface area contributed by atoms with Crippen LogP contribution in [0.2, 0.25) is 0 Å². The van der Waals surface area contributed by atoms with Crippen LogP contribution in [0.25, 0.3) is 0 Å². The second-order valence-electron chi connectivity index (χ2n) is 4.92. The number of anilines is 2. The van der Waals surface area contributed by atoms with Gasteiger partial charge < -0.3 is 11.1 Å². The Morgan fingerprint density at radius 2 is 2.12 bits per heavy atom. The molecule has 96 valence electrons. The lowest BCUT2D eigenvalue weighted by Crippen LogP contribution is -2.30. The molecule has 3 N–H and O–H groups in total. The summed E-state index contributed by atoms with van der Waals surface area (Å²) < 4.78 is 2.23. The van der Waals surface area contributed by atoms with E-state index < -0.39 is 0 Å². The van der Waals surface area contributed by atoms with E-state index in [1.165, 1.54) is 25.7 Å². The molecule has 0 amide bonds. The van der Waals surface area contributed by atoms with E-state index in [4.69, 9.17) is 5.73 Å². The van der Waals surface area contributed by atoms with E-state index in [1.807, 2.05) is 30.4 Å². The summed E-state index contributed by atoms with van der Waals surface area (Å²) in [5.41, 5.74) is 7.70. The van der Waals surface area contributed by atoms with Crippen molar-refractivity contribution in [3.05, 3.63) is 5.69 Å². The number of thioether (sulfide) groups is 1. The topological polar surface area (TPSA) is 55.9 Å². The zero-order valence-corrected chi connectivity index (χ0v) is 11.7. The van der Waals surface area contributed by atoms with Gasteiger partial charge in [0.1, 0.15) is 5.82 Å². The van der Waals surface area contributed by atoms with Crippen LogP contribution in [0.3, 0.4) is 0 Å². The summed E-state index contributed by atoms with van der Waals surface area (Å²) in [7, 11) is 1.94. The van der Waals surface area contributed by atoms with Crippen LogP contribution in [-0.4, -0.2) is 27.3 Å². The third-order valence-electron chi connectivity index (χ3n) is 3.79. The molecular weight excluding hydrogens is 232 g/mol. The molecule has 0 spiro atoms. The van der Waals surface area contributed by atoms with E-state index in [0.29, 0.717) is 4.75 Å². The Kier molecular flexibility index (Phi) is 3.56. The molecule has 0 saturated heterocycles. The maximum Gasteiger partial charge on any atom is 0.147 e. The van der Waals surface area contributed by atoms with Crippen molar-refractivity contribution in [3.8, 4) is 0 Å². The highest BCUT2D eigenvalue weighted by molar-refractivity contribution is 8.00. The monoisotopic (exact) mass is 254 g/mol. The second kappa shape index (κ2) is 4.80. The number of hydrogen-bond donors (Lipinski definition) is 2. The maximum absolute atomic E-state index is 6.02. The highest BCUT2D eigenvalue weighted by Crippen LogP contribution is 2.40. The first kappa shape index (κ1) is 12.6. The van der Waals surface area contributed by atoms with E-state index in [0.717, 1.165) is 23.7 Å². The molecule has 0 atom stereocenters. The van der Waals surface area contributed by atoms with Gasteiger partial charge in [-0.15, -0.1) is 0 Å². The van der Waals surface area contributed by atoms with Crippen molar-refractivity contribution in [2.45, 2.75) is 37.4 Å². The van der Waals surface area contributed by atoms with E-state index in [-0.39, 0.29) is 0 Å². The Morgan fingerprint density at radius 3 is 2.59 bits per heavy atom. The van der Waals surface area contributed by atoms with Crippen molar-refractivity contribution in [1.29, 1.82) is 0 Å². The molecular formula is C12H22N4S. The van der Waals surface area contributed by atoms with Gasteiger partial charge in [-0.1, -0.05) is 12.8 Å². The summed E-state index contributed by atoms with van der Waals surface area (Å²) >= 11 is 1.98. The van der Waals surface area contributed by atoms with Gasteiger partial charge in [0, 0.05) is 18.3 Å². The average Bonchev–Trinajstić information content (AvgIpc) is 2.86. The summed E-state index contributed by atoms with van der Waals surface area (Å²) in [6.07, 6.45) is 7.52. The molecule has 0 unspecified atom stereocenters. The predicted molar refractivity (Wildman–Crippen MR) is 75.6 cm³/mol. The van der Waals surface area contributed by atoms with Crippen molar-refractivity contribution in [2.24, 2.45) is 7.05 Å². The molecule has 0 bridgehead atoms. The molecule has 1 aromatic rings. The van der Waals surface area contributed by atoms with Crippen LogP contribution in [0.5, 0.6) is 0 Å². The number of aryl methyl sites for hydroxylation is 2. The fourth-order valence-corrected chi connectivity index (χ4v) is 3.51. The first-order chi connectivity index (χ1) is 8.08. The first-order valence-corrected chi connectivity index (χ1v) is 7.38. The lowest BCUT2D eigenvalue weighted by atomic mass is 10.1. The van der Waals surface area contributed by atoms with Crippen molar-refractivity contribution in [3.63, 3.8) is 0 Å². The van der Waals surface area contributed by atoms with Gasteiger partial charge in [-0.3, -0.25) is 4.68 Å². The fourth-order valence-electron chi connectivity index (χ4n) is 2.60. The molecule has 2 rings (SSSR count). The van der Waals surface area contributed by atoms with E-state index in [9.17, 15) is 0 Å². The minimum Gasteiger partial charge on any atom is -0.394 e. The van der Waals surface area contributed by atoms with Crippen LogP contribution in [-0.2, 0) is 7.05 Å². The normalized spacial score (nSPS) is 18.5. The third kappa shape index (κ3) is 2.39. The SMILES string of the molecule is CSC1(CNc2c(N)c(C)nn2C)CCCC1. The number of hydrogen-bond acceptors (Lipinski definition) is 4. The number of aromatic nitrogens is 2. The maximum atomic E-state index is 6.02. The number of rotatable bonds is 4. The van der Waals surface area contributed by atoms with Gasteiger partial charge >= 0.3 is 0 Å². The van der Waals surface area contributed by atoms with Crippen LogP contribution in [0.1, 0.15) is 31.4 Å². The molecule has 4 nitrogen and oxygen atoms in total. The lowest BCUT2D eigenvalue weighted by molar-refractivity contribution is 0.633. The van der Waals surface area contributed by atoms with Gasteiger partial charge in [-0.25, -0.2) is 0 Å². The molecule has 0 aromatic carbocycles. The summed E-state index contributed by atoms with van der Waals surface area (Å²) in [5, 5.41) is 7.82. The van der Waals surface area contributed by atoms with Gasteiger partial charge in [-0.2, -0.15) is 16.9 Å². The highest BCUT2D eigenvalue weighted by atomic mass is 32.2. The molecule has 0 aliphatic heterocycles. The number of nitrogens with zero attached hydrogens (tertiary/aromatic N) is 2. The van der Waals surface area contributed by atoms with Gasteiger partial charge in [-0.05, 0) is 26.0 Å². The second-order valence-corrected chi connectivity index (χ2v) is 6.19. The predicted octanol–water partition coefficient (Wildman–Crippen LogP) is 2.40. The number of nitrogens with two attached hydrogens (primary N) is 1. The standard InChI is InChI=1S/C12H22N4S/c1-9-10(13)11(16(2)15-9)14-8-12(17-3)6-4-5-7-12/h14H,4-8,13H2,1-3H3. The van der Waals surface area contributed by atoms with Gasteiger partial charge in [0.05, 0.1) is 11.4 Å². The van der Waals surface area contributed by atoms with E-state index in [1.54, 1.807) is 0 Å². The molecule has 5 heteroatoms. The molecule has 1 aliphatic carbocycles. The summed E-state index contributed by atoms with van der Waals surface area (Å²) in [6.45, 7) is 2.93. The van der Waals surface area contributed by atoms with Crippen LogP contribution < -0.4 is 11.1 Å². The zero-order valence-electron chi connectivity index (χ0n) is 10.9. The Bertz CT molecular complexity index is 393. The van der Waals surface area contributed by atoms with Crippen LogP contribution >= 0.6 is 11.8 Å². The highest BCUT2D eigenvalue weighted by Gasteiger charge is 2.33. The van der Waals surface area contributed by atoms with Gasteiger partial charge in [0.25, 0.3) is 0 Å². The largest absolute Gasteiger partial charge is 0.394 e. The van der Waals surface area contributed by atoms with E-state index in [2.05, 4.69) is 16.7 Å². The molecule has 0 radical (unpaired) electrons. The minimum atomic E-state index is 0.393. The smallest absolute Gasteiger partial charge is 0.147 e. The van der Waals surface area contributed by atoms with Crippen LogP contribution in [0, 0.1) is 6.92 Å². The number of nitrogens with one attached hydrogen (secondary N) is 1. The van der Waals surface area contributed by atoms with Crippen molar-refractivity contribution in [2.75, 3.05) is 23.9 Å². The molecule has 1 saturated carbocycles. The van der Waals surface area contributed by atoms with Gasteiger partial charge in [0.15, 0.2) is 0 Å². The third-order valence-corrected chi connectivity index (χ3v) is 5.21. The Balaban J connectivity index is 2.06. The first-order valence-electron chi connectivity index (χ1n) is 6.16. The van der Waals surface area contributed by atoms with Gasteiger partial charge in [0.2, 0.25) is 0 Å². The minimum absolute atomic E-state index is 0.393. The van der Waals surface area contributed by atoms with E-state index >= 15 is 0 Å². The quantitative estimate of drug-likeness (QED) is 0.866. The molecule has 1 aromatic heterocycles. The summed E-state index contributed by atoms with van der Waals surface area (Å²) in [4.78, 5) is 0. The zero-order chi connectivity index (χ0) is 12.5. The molecule has 1 heterocycles. The Morgan fingerprint density at radius 1 is 1.47 bits per heavy atom.